The van der Waals surface area contributed by atoms with Crippen LogP contribution in [0.4, 0.5) is 14.6 Å². The summed E-state index contributed by atoms with van der Waals surface area (Å²) in [5.74, 6) is -0.207. The van der Waals surface area contributed by atoms with E-state index in [9.17, 15) is 13.3 Å². The van der Waals surface area contributed by atoms with E-state index in [4.69, 9.17) is 4.98 Å². The molecule has 4 heterocycles. The van der Waals surface area contributed by atoms with Gasteiger partial charge >= 0.3 is 0 Å². The third-order valence-electron chi connectivity index (χ3n) is 6.51. The van der Waals surface area contributed by atoms with Crippen LogP contribution < -0.4 is 10.2 Å². The highest BCUT2D eigenvalue weighted by Crippen LogP contribution is 2.43. The zero-order valence-corrected chi connectivity index (χ0v) is 19.4. The van der Waals surface area contributed by atoms with Crippen molar-refractivity contribution in [3.63, 3.8) is 0 Å². The van der Waals surface area contributed by atoms with Gasteiger partial charge in [-0.25, -0.2) is 23.0 Å². The minimum absolute atomic E-state index is 0.293. The van der Waals surface area contributed by atoms with Crippen LogP contribution in [0.15, 0.2) is 49.1 Å². The molecule has 7 nitrogen and oxygen atoms in total. The molecule has 4 aromatic rings. The number of fused-ring (bicyclic) bond motifs is 1. The van der Waals surface area contributed by atoms with Gasteiger partial charge in [0.05, 0.1) is 23.7 Å². The molecular weight excluding hydrogens is 445 g/mol. The van der Waals surface area contributed by atoms with Crippen LogP contribution in [0.5, 0.6) is 0 Å². The lowest BCUT2D eigenvalue weighted by molar-refractivity contribution is 0.560. The highest BCUT2D eigenvalue weighted by molar-refractivity contribution is 7.71. The number of rotatable bonds is 6. The van der Waals surface area contributed by atoms with Crippen LogP contribution in [0.25, 0.3) is 11.3 Å². The Kier molecular flexibility index (Phi) is 5.52. The van der Waals surface area contributed by atoms with Crippen LogP contribution in [0.2, 0.25) is 0 Å². The molecule has 10 heteroatoms. The fourth-order valence-corrected chi connectivity index (χ4v) is 6.31. The maximum Gasteiger partial charge on any atom is 0.183 e. The van der Waals surface area contributed by atoms with Gasteiger partial charge < -0.3 is 9.46 Å². The number of halogens is 2. The molecule has 0 N–H and O–H groups in total. The molecular formula is C23H25F2N6OP. The third-order valence-corrected chi connectivity index (χ3v) is 9.72. The molecule has 0 bridgehead atoms. The van der Waals surface area contributed by atoms with Crippen molar-refractivity contribution < 1.29 is 13.3 Å². The van der Waals surface area contributed by atoms with E-state index < -0.39 is 18.8 Å². The van der Waals surface area contributed by atoms with Crippen molar-refractivity contribution in [2.75, 3.05) is 23.8 Å². The van der Waals surface area contributed by atoms with Crippen molar-refractivity contribution in [3.8, 4) is 5.69 Å². The zero-order valence-electron chi connectivity index (χ0n) is 18.5. The lowest BCUT2D eigenvalue weighted by Crippen LogP contribution is -2.24. The van der Waals surface area contributed by atoms with E-state index in [-0.39, 0.29) is 6.04 Å². The van der Waals surface area contributed by atoms with Gasteiger partial charge in [-0.3, -0.25) is 0 Å². The first-order chi connectivity index (χ1) is 15.9. The van der Waals surface area contributed by atoms with E-state index in [1.807, 2.05) is 24.8 Å². The van der Waals surface area contributed by atoms with Gasteiger partial charge in [-0.15, -0.1) is 0 Å². The quantitative estimate of drug-likeness (QED) is 0.387. The predicted octanol–water partition coefficient (Wildman–Crippen LogP) is 4.56. The van der Waals surface area contributed by atoms with Gasteiger partial charge in [-0.1, -0.05) is 13.8 Å². The molecule has 0 radical (unpaired) electrons. The number of hydrogen-bond donors (Lipinski definition) is 0. The van der Waals surface area contributed by atoms with Crippen molar-refractivity contribution >= 4 is 23.9 Å². The molecule has 1 unspecified atom stereocenters. The summed E-state index contributed by atoms with van der Waals surface area (Å²) >= 11 is 0. The molecule has 33 heavy (non-hydrogen) atoms. The first-order valence-corrected chi connectivity index (χ1v) is 13.2. The average molecular weight is 470 g/mol. The second-order valence-electron chi connectivity index (χ2n) is 8.27. The fourth-order valence-electron chi connectivity index (χ4n) is 4.55. The zero-order chi connectivity index (χ0) is 23.2. The lowest BCUT2D eigenvalue weighted by Gasteiger charge is -2.26. The Morgan fingerprint density at radius 1 is 1.12 bits per heavy atom. The van der Waals surface area contributed by atoms with Gasteiger partial charge in [0.25, 0.3) is 0 Å². The van der Waals surface area contributed by atoms with Crippen LogP contribution >= 0.6 is 7.14 Å². The van der Waals surface area contributed by atoms with Gasteiger partial charge in [0.15, 0.2) is 5.65 Å². The molecule has 3 aromatic heterocycles. The predicted molar refractivity (Wildman–Crippen MR) is 124 cm³/mol. The Morgan fingerprint density at radius 3 is 2.73 bits per heavy atom. The number of nitrogens with zero attached hydrogens (tertiary/aromatic N) is 6. The highest BCUT2D eigenvalue weighted by atomic mass is 31.2. The third kappa shape index (κ3) is 3.74. The summed E-state index contributed by atoms with van der Waals surface area (Å²) in [6.07, 6.45) is 9.64. The normalized spacial score (nSPS) is 16.7. The number of anilines is 1. The summed E-state index contributed by atoms with van der Waals surface area (Å²) in [7, 11) is -2.46. The summed E-state index contributed by atoms with van der Waals surface area (Å²) in [4.78, 5) is 6.82. The number of benzene rings is 1. The standard InChI is InChI=1S/C23H25F2N6OP/c1-3-33(32,4-2)17-13-26-31(15-17)21-14-27-30-11-9-22(28-23(21)30)29-10-5-6-20(29)18-12-16(24)7-8-19(18)25/h7-9,11-15,20H,3-6,10H2,1-2H3. The molecule has 1 aliphatic heterocycles. The van der Waals surface area contributed by atoms with Crippen LogP contribution in [-0.4, -0.2) is 43.2 Å². The molecule has 0 amide bonds. The van der Waals surface area contributed by atoms with E-state index >= 15 is 0 Å². The van der Waals surface area contributed by atoms with E-state index in [0.717, 1.165) is 17.8 Å². The van der Waals surface area contributed by atoms with E-state index in [2.05, 4.69) is 10.2 Å². The minimum Gasteiger partial charge on any atom is -0.349 e. The van der Waals surface area contributed by atoms with E-state index in [0.29, 0.717) is 48.0 Å². The smallest absolute Gasteiger partial charge is 0.183 e. The largest absolute Gasteiger partial charge is 0.349 e. The molecule has 5 rings (SSSR count). The fraction of sp³-hybridized carbons (Fsp3) is 0.348. The Balaban J connectivity index is 1.53. The van der Waals surface area contributed by atoms with Gasteiger partial charge in [0.2, 0.25) is 0 Å². The van der Waals surface area contributed by atoms with Crippen LogP contribution in [0.3, 0.4) is 0 Å². The summed E-state index contributed by atoms with van der Waals surface area (Å²) in [5.41, 5.74) is 1.58. The second-order valence-corrected chi connectivity index (χ2v) is 11.8. The molecule has 172 valence electrons. The number of aromatic nitrogens is 5. The average Bonchev–Trinajstić information content (AvgIpc) is 3.58. The Morgan fingerprint density at radius 2 is 1.94 bits per heavy atom. The Bertz CT molecular complexity index is 1360. The van der Waals surface area contributed by atoms with Gasteiger partial charge in [-0.2, -0.15) is 10.2 Å². The van der Waals surface area contributed by atoms with Crippen LogP contribution in [0, 0.1) is 11.6 Å². The Labute approximate surface area is 190 Å². The second kappa shape index (κ2) is 8.37. The molecule has 1 aliphatic rings. The highest BCUT2D eigenvalue weighted by Gasteiger charge is 2.30. The SMILES string of the molecule is CCP(=O)(CC)c1cnn(-c2cnn3ccc(N4CCCC4c4cc(F)ccc4F)nc23)c1. The first-order valence-electron chi connectivity index (χ1n) is 11.1. The van der Waals surface area contributed by atoms with E-state index in [1.54, 1.807) is 34.0 Å². The first kappa shape index (κ1) is 21.8. The van der Waals surface area contributed by atoms with Crippen molar-refractivity contribution in [2.45, 2.75) is 32.7 Å². The molecule has 0 aliphatic carbocycles. The molecule has 0 spiro atoms. The van der Waals surface area contributed by atoms with Crippen molar-refractivity contribution in [3.05, 3.63) is 66.3 Å². The Hall–Kier alpha value is -3.06. The monoisotopic (exact) mass is 470 g/mol. The van der Waals surface area contributed by atoms with Crippen LogP contribution in [-0.2, 0) is 4.57 Å². The maximum absolute atomic E-state index is 14.5. The van der Waals surface area contributed by atoms with E-state index in [1.165, 1.54) is 12.1 Å². The minimum atomic E-state index is -2.46. The van der Waals surface area contributed by atoms with Crippen LogP contribution in [0.1, 0.15) is 38.3 Å². The molecule has 1 aromatic carbocycles. The summed E-state index contributed by atoms with van der Waals surface area (Å²) in [6, 6.07) is 5.11. The molecule has 1 fully saturated rings. The summed E-state index contributed by atoms with van der Waals surface area (Å²) in [6.45, 7) is 4.55. The number of hydrogen-bond acceptors (Lipinski definition) is 5. The molecule has 0 saturated carbocycles. The summed E-state index contributed by atoms with van der Waals surface area (Å²) < 4.78 is 44.7. The maximum atomic E-state index is 14.5. The lowest BCUT2D eigenvalue weighted by atomic mass is 10.0. The van der Waals surface area contributed by atoms with Crippen molar-refractivity contribution in [2.24, 2.45) is 0 Å². The molecule has 1 saturated heterocycles. The van der Waals surface area contributed by atoms with Gasteiger partial charge in [-0.05, 0) is 37.1 Å². The van der Waals surface area contributed by atoms with Crippen molar-refractivity contribution in [1.82, 2.24) is 24.4 Å². The van der Waals surface area contributed by atoms with Gasteiger partial charge in [0, 0.05) is 36.8 Å². The summed E-state index contributed by atoms with van der Waals surface area (Å²) in [5, 5.41) is 9.54. The molecule has 1 atom stereocenters. The van der Waals surface area contributed by atoms with Gasteiger partial charge in [0.1, 0.15) is 30.3 Å². The topological polar surface area (TPSA) is 68.3 Å². The van der Waals surface area contributed by atoms with Crippen molar-refractivity contribution in [1.29, 1.82) is 0 Å².